The van der Waals surface area contributed by atoms with Crippen LogP contribution in [0.3, 0.4) is 0 Å². The van der Waals surface area contributed by atoms with E-state index in [0.29, 0.717) is 0 Å². The van der Waals surface area contributed by atoms with Crippen LogP contribution >= 0.6 is 7.51 Å². The van der Waals surface area contributed by atoms with Crippen molar-refractivity contribution in [2.24, 2.45) is 0 Å². The van der Waals surface area contributed by atoms with E-state index in [-0.39, 0.29) is 6.35 Å². The molecule has 36 valence electrons. The first-order valence-electron chi connectivity index (χ1n) is 1.52. The minimum absolute atomic E-state index is 0.269. The summed E-state index contributed by atoms with van der Waals surface area (Å²) in [6.45, 7) is 0. The van der Waals surface area contributed by atoms with Crippen LogP contribution in [0.5, 0.6) is 0 Å². The molecule has 0 radical (unpaired) electrons. The van der Waals surface area contributed by atoms with Gasteiger partial charge < -0.3 is 0 Å². The molecule has 1 N–H and O–H groups in total. The van der Waals surface area contributed by atoms with Crippen molar-refractivity contribution in [3.63, 3.8) is 0 Å². The molecule has 2 heterocycles. The van der Waals surface area contributed by atoms with Crippen molar-refractivity contribution < 1.29 is 18.8 Å². The molecule has 0 aromatic rings. The molecule has 5 heteroatoms. The molecule has 2 aliphatic rings. The van der Waals surface area contributed by atoms with Gasteiger partial charge in [-0.2, -0.15) is 0 Å². The molecule has 2 fully saturated rings. The Hall–Kier alpha value is 0.270. The van der Waals surface area contributed by atoms with E-state index < -0.39 is 7.51 Å². The summed E-state index contributed by atoms with van der Waals surface area (Å²) < 4.78 is 12.8. The molecule has 0 amide bonds. The van der Waals surface area contributed by atoms with Gasteiger partial charge >= 0.3 is 32.6 Å². The zero-order chi connectivity index (χ0) is 4.28. The molecule has 0 saturated carbocycles. The standard InChI is InChI=1S/CH3O4P/c2-6(1-3-6)4-5-6/h2H,1H2. The third-order valence-electron chi connectivity index (χ3n) is 0.763. The summed E-state index contributed by atoms with van der Waals surface area (Å²) in [5.41, 5.74) is 0. The predicted octanol–water partition coefficient (Wildman–Crippen LogP) is 0.141. The van der Waals surface area contributed by atoms with E-state index in [4.69, 9.17) is 4.89 Å². The Morgan fingerprint density at radius 3 is 2.00 bits per heavy atom. The number of hydrogen-bond acceptors (Lipinski definition) is 4. The van der Waals surface area contributed by atoms with Crippen LogP contribution in [0.2, 0.25) is 0 Å². The van der Waals surface area contributed by atoms with Gasteiger partial charge in [-0.1, -0.05) is 0 Å². The van der Waals surface area contributed by atoms with Crippen molar-refractivity contribution in [3.8, 4) is 0 Å². The van der Waals surface area contributed by atoms with Crippen LogP contribution in [0.15, 0.2) is 0 Å². The van der Waals surface area contributed by atoms with Gasteiger partial charge in [-0.3, -0.25) is 0 Å². The Kier molecular flexibility index (Phi) is 0.259. The van der Waals surface area contributed by atoms with E-state index in [9.17, 15) is 0 Å². The average Bonchev–Trinajstić information content (AvgIpc) is 2.28. The SMILES string of the molecule is OP12(CO1)OO2. The van der Waals surface area contributed by atoms with Crippen molar-refractivity contribution in [1.29, 1.82) is 0 Å². The summed E-state index contributed by atoms with van der Waals surface area (Å²) in [5, 5.41) is 0. The quantitative estimate of drug-likeness (QED) is 0.274. The molecule has 2 saturated heterocycles. The fourth-order valence-corrected chi connectivity index (χ4v) is 1.38. The Bertz CT molecular complexity index is 82.6. The molecule has 6 heavy (non-hydrogen) atoms. The van der Waals surface area contributed by atoms with Crippen LogP contribution in [-0.4, -0.2) is 11.2 Å². The van der Waals surface area contributed by atoms with Gasteiger partial charge in [-0.15, -0.1) is 0 Å². The summed E-state index contributed by atoms with van der Waals surface area (Å²) in [7, 11) is -3.05. The van der Waals surface area contributed by atoms with Crippen molar-refractivity contribution in [2.45, 2.75) is 0 Å². The Balaban J connectivity index is 2.41. The molecule has 2 aliphatic heterocycles. The zero-order valence-corrected chi connectivity index (χ0v) is 3.72. The summed E-state index contributed by atoms with van der Waals surface area (Å²) in [6, 6.07) is 0. The first-order valence-corrected chi connectivity index (χ1v) is 3.65. The second-order valence-electron chi connectivity index (χ2n) is 1.40. The van der Waals surface area contributed by atoms with E-state index in [0.717, 1.165) is 0 Å². The number of rotatable bonds is 0. The molecular formula is CH3O4P. The van der Waals surface area contributed by atoms with Crippen molar-refractivity contribution in [1.82, 2.24) is 0 Å². The first kappa shape index (κ1) is 3.29. The van der Waals surface area contributed by atoms with Gasteiger partial charge in [-0.25, -0.2) is 0 Å². The normalized spacial score (nSPS) is 49.8. The average molecular weight is 110 g/mol. The van der Waals surface area contributed by atoms with E-state index >= 15 is 0 Å². The van der Waals surface area contributed by atoms with E-state index in [1.54, 1.807) is 0 Å². The van der Waals surface area contributed by atoms with Crippen LogP contribution < -0.4 is 0 Å². The van der Waals surface area contributed by atoms with E-state index in [1.165, 1.54) is 0 Å². The molecule has 0 unspecified atom stereocenters. The fourth-order valence-electron chi connectivity index (χ4n) is 0.211. The van der Waals surface area contributed by atoms with Crippen LogP contribution in [0.1, 0.15) is 0 Å². The molecule has 0 aromatic carbocycles. The molecule has 0 atom stereocenters. The van der Waals surface area contributed by atoms with Gasteiger partial charge in [0.05, 0.1) is 0 Å². The maximum atomic E-state index is 8.67. The molecule has 0 aliphatic carbocycles. The van der Waals surface area contributed by atoms with Crippen LogP contribution in [0.25, 0.3) is 0 Å². The van der Waals surface area contributed by atoms with Gasteiger partial charge in [0, 0.05) is 0 Å². The molecule has 4 nitrogen and oxygen atoms in total. The van der Waals surface area contributed by atoms with Crippen LogP contribution in [0.4, 0.5) is 0 Å². The van der Waals surface area contributed by atoms with Crippen molar-refractivity contribution in [3.05, 3.63) is 0 Å². The van der Waals surface area contributed by atoms with Crippen molar-refractivity contribution in [2.75, 3.05) is 6.35 Å². The topological polar surface area (TPSA) is 57.8 Å². The van der Waals surface area contributed by atoms with Crippen LogP contribution in [-0.2, 0) is 13.9 Å². The Labute approximate surface area is 33.8 Å². The molecule has 0 aromatic heterocycles. The predicted molar refractivity (Wildman–Crippen MR) is 17.3 cm³/mol. The molecular weight excluding hydrogens is 107 g/mol. The summed E-state index contributed by atoms with van der Waals surface area (Å²) in [4.78, 5) is 8.67. The molecule has 0 bridgehead atoms. The van der Waals surface area contributed by atoms with E-state index in [1.807, 2.05) is 0 Å². The third-order valence-corrected chi connectivity index (χ3v) is 2.29. The fraction of sp³-hybridized carbons (Fsp3) is 1.00. The molecule has 2 rings (SSSR count). The van der Waals surface area contributed by atoms with Crippen molar-refractivity contribution >= 4 is 7.51 Å². The van der Waals surface area contributed by atoms with Gasteiger partial charge in [0.2, 0.25) is 0 Å². The second-order valence-corrected chi connectivity index (χ2v) is 4.21. The monoisotopic (exact) mass is 110 g/mol. The zero-order valence-electron chi connectivity index (χ0n) is 2.83. The summed E-state index contributed by atoms with van der Waals surface area (Å²) in [6.07, 6.45) is 0.269. The molecule has 1 spiro atoms. The first-order chi connectivity index (χ1) is 2.71. The summed E-state index contributed by atoms with van der Waals surface area (Å²) in [5.74, 6) is 0. The minimum atomic E-state index is -3.05. The number of hydrogen-bond donors (Lipinski definition) is 1. The van der Waals surface area contributed by atoms with Gasteiger partial charge in [0.1, 0.15) is 0 Å². The van der Waals surface area contributed by atoms with Gasteiger partial charge in [-0.05, 0) is 0 Å². The van der Waals surface area contributed by atoms with Gasteiger partial charge in [0.15, 0.2) is 0 Å². The maximum absolute atomic E-state index is 8.67. The Morgan fingerprint density at radius 1 is 1.50 bits per heavy atom. The van der Waals surface area contributed by atoms with Crippen LogP contribution in [0, 0.1) is 0 Å². The second kappa shape index (κ2) is 0.472. The Morgan fingerprint density at radius 2 is 2.00 bits per heavy atom. The summed E-state index contributed by atoms with van der Waals surface area (Å²) >= 11 is 0. The third kappa shape index (κ3) is 0.224. The van der Waals surface area contributed by atoms with E-state index in [2.05, 4.69) is 13.9 Å². The van der Waals surface area contributed by atoms with Gasteiger partial charge in [0.25, 0.3) is 0 Å².